The quantitative estimate of drug-likeness (QED) is 0.479. The third kappa shape index (κ3) is 5.05. The number of hydrogen-bond acceptors (Lipinski definition) is 2. The van der Waals surface area contributed by atoms with Gasteiger partial charge in [0.15, 0.2) is 5.96 Å². The minimum Gasteiger partial charge on any atom is -0.370 e. The first kappa shape index (κ1) is 15.8. The number of rotatable bonds is 6. The molecule has 1 unspecified atom stereocenters. The predicted molar refractivity (Wildman–Crippen MR) is 89.4 cm³/mol. The molecule has 0 aliphatic heterocycles. The number of para-hydroxylation sites is 1. The molecule has 0 radical (unpaired) electrons. The Labute approximate surface area is 128 Å². The molecule has 2 rings (SSSR count). The summed E-state index contributed by atoms with van der Waals surface area (Å²) >= 11 is 0. The van der Waals surface area contributed by atoms with Crippen LogP contribution in [0.15, 0.2) is 24.3 Å². The van der Waals surface area contributed by atoms with Gasteiger partial charge in [0.1, 0.15) is 0 Å². The molecule has 1 aliphatic carbocycles. The summed E-state index contributed by atoms with van der Waals surface area (Å²) in [6, 6.07) is 8.01. The Morgan fingerprint density at radius 3 is 2.71 bits per heavy atom. The van der Waals surface area contributed by atoms with E-state index in [1.54, 1.807) is 0 Å². The summed E-state index contributed by atoms with van der Waals surface area (Å²) in [7, 11) is 0. The van der Waals surface area contributed by atoms with Crippen LogP contribution in [0.3, 0.4) is 0 Å². The smallest absolute Gasteiger partial charge is 0.190 e. The Morgan fingerprint density at radius 2 is 2.00 bits per heavy atom. The highest BCUT2D eigenvalue weighted by atomic mass is 15.0. The highest BCUT2D eigenvalue weighted by molar-refractivity contribution is 5.90. The summed E-state index contributed by atoms with van der Waals surface area (Å²) in [6.07, 6.45) is 7.01. The second-order valence-electron chi connectivity index (χ2n) is 6.20. The largest absolute Gasteiger partial charge is 0.370 e. The van der Waals surface area contributed by atoms with Gasteiger partial charge in [-0.05, 0) is 30.0 Å². The summed E-state index contributed by atoms with van der Waals surface area (Å²) in [5.74, 6) is 1.60. The van der Waals surface area contributed by atoms with Crippen molar-refractivity contribution in [3.05, 3.63) is 29.8 Å². The molecule has 0 bridgehead atoms. The highest BCUT2D eigenvalue weighted by Gasteiger charge is 2.19. The van der Waals surface area contributed by atoms with Crippen LogP contribution >= 0.6 is 0 Å². The fraction of sp³-hybridized carbons (Fsp3) is 0.588. The van der Waals surface area contributed by atoms with E-state index in [4.69, 9.17) is 11.1 Å². The molecule has 0 amide bonds. The molecule has 0 spiro atoms. The number of guanidine groups is 1. The standard InChI is InChI=1S/C17H28N4/c1-13(14-7-3-2-4-8-14)11-20-12-15-9-5-6-10-16(15)21-17(18)19/h5-6,9-10,13-14,20H,2-4,7-8,11-12H2,1H3,(H4,18,19,21). The average molecular weight is 288 g/mol. The van der Waals surface area contributed by atoms with E-state index < -0.39 is 0 Å². The van der Waals surface area contributed by atoms with E-state index in [0.29, 0.717) is 0 Å². The molecule has 1 atom stereocenters. The third-order valence-electron chi connectivity index (χ3n) is 4.52. The minimum atomic E-state index is -0.0157. The molecule has 1 aliphatic rings. The van der Waals surface area contributed by atoms with Crippen molar-refractivity contribution in [3.8, 4) is 0 Å². The Bertz CT molecular complexity index is 452. The predicted octanol–water partition coefficient (Wildman–Crippen LogP) is 3.30. The van der Waals surface area contributed by atoms with Crippen LogP contribution < -0.4 is 16.4 Å². The van der Waals surface area contributed by atoms with Crippen molar-refractivity contribution in [3.63, 3.8) is 0 Å². The molecular formula is C17H28N4. The summed E-state index contributed by atoms with van der Waals surface area (Å²) in [4.78, 5) is 0. The van der Waals surface area contributed by atoms with Crippen LogP contribution in [0.4, 0.5) is 5.69 Å². The van der Waals surface area contributed by atoms with Gasteiger partial charge in [-0.3, -0.25) is 5.41 Å². The van der Waals surface area contributed by atoms with E-state index in [1.165, 1.54) is 32.1 Å². The topological polar surface area (TPSA) is 73.9 Å². The van der Waals surface area contributed by atoms with Crippen LogP contribution in [-0.4, -0.2) is 12.5 Å². The number of benzene rings is 1. The molecule has 0 saturated heterocycles. The Balaban J connectivity index is 1.81. The van der Waals surface area contributed by atoms with Gasteiger partial charge in [0.05, 0.1) is 0 Å². The SMILES string of the molecule is CC(CNCc1ccccc1NC(=N)N)C1CCCCC1. The van der Waals surface area contributed by atoms with Crippen molar-refractivity contribution >= 4 is 11.6 Å². The summed E-state index contributed by atoms with van der Waals surface area (Å²) < 4.78 is 0. The lowest BCUT2D eigenvalue weighted by molar-refractivity contribution is 0.256. The first-order valence-corrected chi connectivity index (χ1v) is 8.06. The fourth-order valence-electron chi connectivity index (χ4n) is 3.25. The third-order valence-corrected chi connectivity index (χ3v) is 4.52. The molecule has 1 saturated carbocycles. The first-order chi connectivity index (χ1) is 10.2. The summed E-state index contributed by atoms with van der Waals surface area (Å²) in [6.45, 7) is 4.23. The minimum absolute atomic E-state index is 0.0157. The zero-order valence-corrected chi connectivity index (χ0v) is 13.0. The molecule has 4 heteroatoms. The maximum absolute atomic E-state index is 7.35. The van der Waals surface area contributed by atoms with E-state index in [9.17, 15) is 0 Å². The lowest BCUT2D eigenvalue weighted by Crippen LogP contribution is -2.28. The number of nitrogens with one attached hydrogen (secondary N) is 3. The van der Waals surface area contributed by atoms with Crippen molar-refractivity contribution in [2.45, 2.75) is 45.6 Å². The molecule has 1 aromatic rings. The van der Waals surface area contributed by atoms with Crippen molar-refractivity contribution < 1.29 is 0 Å². The zero-order chi connectivity index (χ0) is 15.1. The van der Waals surface area contributed by atoms with E-state index >= 15 is 0 Å². The van der Waals surface area contributed by atoms with E-state index in [2.05, 4.69) is 23.6 Å². The van der Waals surface area contributed by atoms with E-state index in [1.807, 2.05) is 18.2 Å². The van der Waals surface area contributed by atoms with Crippen molar-refractivity contribution in [2.24, 2.45) is 17.6 Å². The van der Waals surface area contributed by atoms with Gasteiger partial charge in [0.2, 0.25) is 0 Å². The number of nitrogens with two attached hydrogens (primary N) is 1. The van der Waals surface area contributed by atoms with E-state index in [0.717, 1.165) is 36.2 Å². The van der Waals surface area contributed by atoms with Crippen LogP contribution in [0.25, 0.3) is 0 Å². The lowest BCUT2D eigenvalue weighted by Gasteiger charge is -2.28. The maximum Gasteiger partial charge on any atom is 0.190 e. The maximum atomic E-state index is 7.35. The van der Waals surface area contributed by atoms with Crippen molar-refractivity contribution in [2.75, 3.05) is 11.9 Å². The summed E-state index contributed by atoms with van der Waals surface area (Å²) in [5.41, 5.74) is 7.49. The summed E-state index contributed by atoms with van der Waals surface area (Å²) in [5, 5.41) is 13.8. The Hall–Kier alpha value is -1.55. The van der Waals surface area contributed by atoms with Crippen LogP contribution in [0.1, 0.15) is 44.6 Å². The molecule has 4 nitrogen and oxygen atoms in total. The van der Waals surface area contributed by atoms with Gasteiger partial charge in [0.25, 0.3) is 0 Å². The zero-order valence-electron chi connectivity index (χ0n) is 13.0. The van der Waals surface area contributed by atoms with Crippen LogP contribution in [0.2, 0.25) is 0 Å². The molecule has 5 N–H and O–H groups in total. The van der Waals surface area contributed by atoms with Gasteiger partial charge in [-0.25, -0.2) is 0 Å². The fourth-order valence-corrected chi connectivity index (χ4v) is 3.25. The molecule has 116 valence electrons. The molecule has 21 heavy (non-hydrogen) atoms. The second-order valence-corrected chi connectivity index (χ2v) is 6.20. The monoisotopic (exact) mass is 288 g/mol. The van der Waals surface area contributed by atoms with Crippen LogP contribution in [0, 0.1) is 17.2 Å². The normalized spacial score (nSPS) is 17.4. The average Bonchev–Trinajstić information content (AvgIpc) is 2.49. The molecule has 0 aromatic heterocycles. The molecular weight excluding hydrogens is 260 g/mol. The first-order valence-electron chi connectivity index (χ1n) is 8.06. The van der Waals surface area contributed by atoms with Crippen molar-refractivity contribution in [1.82, 2.24) is 5.32 Å². The van der Waals surface area contributed by atoms with Gasteiger partial charge in [-0.15, -0.1) is 0 Å². The van der Waals surface area contributed by atoms with Gasteiger partial charge < -0.3 is 16.4 Å². The van der Waals surface area contributed by atoms with Gasteiger partial charge in [-0.1, -0.05) is 57.2 Å². The molecule has 1 aromatic carbocycles. The highest BCUT2D eigenvalue weighted by Crippen LogP contribution is 2.29. The van der Waals surface area contributed by atoms with Crippen LogP contribution in [0.5, 0.6) is 0 Å². The Morgan fingerprint density at radius 1 is 1.29 bits per heavy atom. The number of anilines is 1. The van der Waals surface area contributed by atoms with Gasteiger partial charge in [0, 0.05) is 12.2 Å². The Kier molecular flexibility index (Phi) is 6.05. The molecule has 0 heterocycles. The van der Waals surface area contributed by atoms with Gasteiger partial charge >= 0.3 is 0 Å². The number of hydrogen-bond donors (Lipinski definition) is 4. The van der Waals surface area contributed by atoms with Crippen molar-refractivity contribution in [1.29, 1.82) is 5.41 Å². The van der Waals surface area contributed by atoms with E-state index in [-0.39, 0.29) is 5.96 Å². The van der Waals surface area contributed by atoms with Crippen LogP contribution in [-0.2, 0) is 6.54 Å². The van der Waals surface area contributed by atoms with Gasteiger partial charge in [-0.2, -0.15) is 0 Å². The second kappa shape index (κ2) is 8.03. The lowest BCUT2D eigenvalue weighted by atomic mass is 9.81. The molecule has 1 fully saturated rings.